The number of hydrogen-bond donors (Lipinski definition) is 1. The number of rotatable bonds is 2. The summed E-state index contributed by atoms with van der Waals surface area (Å²) in [7, 11) is 0. The minimum Gasteiger partial charge on any atom is -0.446 e. The first-order valence-corrected chi connectivity index (χ1v) is 6.35. The number of carbonyl (C=O) groups is 1. The van der Waals surface area contributed by atoms with E-state index in [9.17, 15) is 48.7 Å². The fourth-order valence-electron chi connectivity index (χ4n) is 1.94. The average molecular weight is 408 g/mol. The van der Waals surface area contributed by atoms with Gasteiger partial charge in [0, 0.05) is 5.57 Å². The van der Waals surface area contributed by atoms with Crippen molar-refractivity contribution < 1.29 is 63.3 Å². The van der Waals surface area contributed by atoms with Crippen molar-refractivity contribution in [1.82, 2.24) is 0 Å². The highest BCUT2D eigenvalue weighted by Gasteiger charge is 2.90. The molecule has 1 aliphatic heterocycles. The minimum absolute atomic E-state index is 0.694. The topological polar surface area (TPSA) is 55.8 Å². The number of alkyl halides is 10. The lowest BCUT2D eigenvalue weighted by Crippen LogP contribution is -2.82. The van der Waals surface area contributed by atoms with Gasteiger partial charge in [-0.25, -0.2) is 4.79 Å². The molecule has 1 saturated heterocycles. The van der Waals surface area contributed by atoms with Gasteiger partial charge in [-0.3, -0.25) is 0 Å². The Labute approximate surface area is 138 Å². The summed E-state index contributed by atoms with van der Waals surface area (Å²) in [4.78, 5) is 11.2. The van der Waals surface area contributed by atoms with Crippen molar-refractivity contribution in [2.24, 2.45) is 0 Å². The molecular weight excluding hydrogens is 398 g/mol. The van der Waals surface area contributed by atoms with E-state index in [0.717, 1.165) is 0 Å². The fraction of sp³-hybridized carbons (Fsp3) is 0.750. The summed E-state index contributed by atoms with van der Waals surface area (Å²) in [5.74, 6) is -20.3. The molecule has 1 rings (SSSR count). The van der Waals surface area contributed by atoms with E-state index >= 15 is 0 Å². The zero-order valence-electron chi connectivity index (χ0n) is 12.7. The number of halogens is 10. The van der Waals surface area contributed by atoms with Gasteiger partial charge in [0.25, 0.3) is 0 Å². The average Bonchev–Trinajstić information content (AvgIpc) is 2.39. The third kappa shape index (κ3) is 2.82. The lowest BCUT2D eigenvalue weighted by Gasteiger charge is -2.54. The number of carbonyl (C=O) groups excluding carboxylic acids is 1. The van der Waals surface area contributed by atoms with Crippen LogP contribution in [-0.4, -0.2) is 52.8 Å². The first kappa shape index (κ1) is 22.5. The largest absolute Gasteiger partial charge is 0.449 e. The molecule has 0 aliphatic carbocycles. The van der Waals surface area contributed by atoms with Gasteiger partial charge < -0.3 is 14.6 Å². The number of ether oxygens (including phenoxy) is 2. The maximum Gasteiger partial charge on any atom is 0.449 e. The quantitative estimate of drug-likeness (QED) is 0.433. The van der Waals surface area contributed by atoms with Gasteiger partial charge in [-0.15, -0.1) is 0 Å². The summed E-state index contributed by atoms with van der Waals surface area (Å²) in [5, 5.41) is 9.14. The zero-order valence-corrected chi connectivity index (χ0v) is 12.7. The van der Waals surface area contributed by atoms with Crippen LogP contribution in [0.25, 0.3) is 0 Å². The van der Waals surface area contributed by atoms with Crippen molar-refractivity contribution in [3.05, 3.63) is 12.2 Å². The minimum atomic E-state index is -6.67. The SMILES string of the molecule is C=C(C)C(=O)OC1C(F)(F)C(C)(C(F)(F)F)OC(O)(C(F)(F)F)C1(F)F. The second kappa shape index (κ2) is 5.71. The van der Waals surface area contributed by atoms with Gasteiger partial charge in [-0.05, 0) is 13.8 Å². The molecule has 0 aromatic carbocycles. The Balaban J connectivity index is 3.77. The molecule has 0 saturated carbocycles. The second-order valence-electron chi connectivity index (χ2n) is 5.59. The highest BCUT2D eigenvalue weighted by Crippen LogP contribution is 2.61. The van der Waals surface area contributed by atoms with E-state index < -0.39 is 60.2 Å². The smallest absolute Gasteiger partial charge is 0.446 e. The molecule has 1 fully saturated rings. The normalized spacial score (nSPS) is 34.3. The molecule has 1 heterocycles. The summed E-state index contributed by atoms with van der Waals surface area (Å²) in [6, 6.07) is 0. The Bertz CT molecular complexity index is 572. The lowest BCUT2D eigenvalue weighted by atomic mass is 9.81. The van der Waals surface area contributed by atoms with Crippen molar-refractivity contribution >= 4 is 5.97 Å². The summed E-state index contributed by atoms with van der Waals surface area (Å²) < 4.78 is 140. The van der Waals surface area contributed by atoms with Crippen molar-refractivity contribution in [3.63, 3.8) is 0 Å². The molecule has 0 radical (unpaired) electrons. The van der Waals surface area contributed by atoms with Crippen LogP contribution in [0.5, 0.6) is 0 Å². The third-order valence-electron chi connectivity index (χ3n) is 3.60. The second-order valence-corrected chi connectivity index (χ2v) is 5.59. The molecule has 152 valence electrons. The third-order valence-corrected chi connectivity index (χ3v) is 3.60. The Morgan fingerprint density at radius 2 is 1.46 bits per heavy atom. The maximum atomic E-state index is 14.2. The molecule has 3 atom stereocenters. The van der Waals surface area contributed by atoms with Gasteiger partial charge >= 0.3 is 36.0 Å². The summed E-state index contributed by atoms with van der Waals surface area (Å²) in [6.07, 6.45) is -17.7. The highest BCUT2D eigenvalue weighted by atomic mass is 19.4. The molecule has 14 heteroatoms. The van der Waals surface area contributed by atoms with Crippen molar-refractivity contribution in [1.29, 1.82) is 0 Å². The van der Waals surface area contributed by atoms with Crippen LogP contribution in [0.2, 0.25) is 0 Å². The highest BCUT2D eigenvalue weighted by molar-refractivity contribution is 5.87. The molecule has 4 nitrogen and oxygen atoms in total. The van der Waals surface area contributed by atoms with Crippen LogP contribution >= 0.6 is 0 Å². The molecule has 3 unspecified atom stereocenters. The summed E-state index contributed by atoms with van der Waals surface area (Å²) in [5.41, 5.74) is -6.17. The molecule has 0 aromatic heterocycles. The number of esters is 1. The van der Waals surface area contributed by atoms with E-state index in [0.29, 0.717) is 6.92 Å². The molecule has 0 bridgehead atoms. The van der Waals surface area contributed by atoms with Crippen molar-refractivity contribution in [2.45, 2.75) is 55.5 Å². The fourth-order valence-corrected chi connectivity index (χ4v) is 1.94. The van der Waals surface area contributed by atoms with Crippen LogP contribution in [-0.2, 0) is 14.3 Å². The van der Waals surface area contributed by atoms with Crippen LogP contribution in [0.3, 0.4) is 0 Å². The molecule has 0 amide bonds. The zero-order chi connectivity index (χ0) is 21.1. The molecule has 0 spiro atoms. The van der Waals surface area contributed by atoms with Crippen LogP contribution in [0.15, 0.2) is 12.2 Å². The molecular formula is C12H10F10O4. The van der Waals surface area contributed by atoms with E-state index in [1.807, 2.05) is 0 Å². The summed E-state index contributed by atoms with van der Waals surface area (Å²) >= 11 is 0. The van der Waals surface area contributed by atoms with E-state index in [4.69, 9.17) is 5.11 Å². The van der Waals surface area contributed by atoms with E-state index in [1.54, 1.807) is 0 Å². The van der Waals surface area contributed by atoms with Crippen LogP contribution < -0.4 is 0 Å². The van der Waals surface area contributed by atoms with Gasteiger partial charge in [-0.1, -0.05) is 6.58 Å². The first-order valence-electron chi connectivity index (χ1n) is 6.35. The van der Waals surface area contributed by atoms with Crippen molar-refractivity contribution in [3.8, 4) is 0 Å². The summed E-state index contributed by atoms with van der Waals surface area (Å²) in [6.45, 7) is 2.80. The molecule has 0 aromatic rings. The predicted molar refractivity (Wildman–Crippen MR) is 61.1 cm³/mol. The van der Waals surface area contributed by atoms with E-state index in [2.05, 4.69) is 16.1 Å². The van der Waals surface area contributed by atoms with Crippen LogP contribution in [0, 0.1) is 0 Å². The van der Waals surface area contributed by atoms with Gasteiger partial charge in [0.2, 0.25) is 11.7 Å². The van der Waals surface area contributed by atoms with Gasteiger partial charge in [0.15, 0.2) is 0 Å². The first-order chi connectivity index (χ1) is 11.2. The Kier molecular flexibility index (Phi) is 4.94. The van der Waals surface area contributed by atoms with E-state index in [1.165, 1.54) is 0 Å². The molecule has 1 aliphatic rings. The number of hydrogen-bond acceptors (Lipinski definition) is 4. The predicted octanol–water partition coefficient (Wildman–Crippen LogP) is 3.35. The Morgan fingerprint density at radius 1 is 1.04 bits per heavy atom. The van der Waals surface area contributed by atoms with E-state index in [-0.39, 0.29) is 0 Å². The standard InChI is InChI=1S/C12H10F10O4/c1-4(2)5(23)25-6-8(13,14)7(3,11(17,18)19)26-10(24,9(6,15)16)12(20,21)22/h6,24H,1H2,2-3H3. The van der Waals surface area contributed by atoms with Crippen LogP contribution in [0.4, 0.5) is 43.9 Å². The maximum absolute atomic E-state index is 14.2. The number of aliphatic hydroxyl groups is 1. The molecule has 1 N–H and O–H groups in total. The van der Waals surface area contributed by atoms with Gasteiger partial charge in [0.05, 0.1) is 0 Å². The Hall–Kier alpha value is -1.57. The molecule has 26 heavy (non-hydrogen) atoms. The van der Waals surface area contributed by atoms with Gasteiger partial charge in [0.1, 0.15) is 0 Å². The van der Waals surface area contributed by atoms with Crippen molar-refractivity contribution in [2.75, 3.05) is 0 Å². The monoisotopic (exact) mass is 408 g/mol. The van der Waals surface area contributed by atoms with Crippen LogP contribution in [0.1, 0.15) is 13.8 Å². The van der Waals surface area contributed by atoms with Gasteiger partial charge in [-0.2, -0.15) is 43.9 Å². The Morgan fingerprint density at radius 3 is 1.77 bits per heavy atom. The lowest BCUT2D eigenvalue weighted by molar-refractivity contribution is -0.536.